The minimum Gasteiger partial charge on any atom is -0.478 e. The smallest absolute Gasteiger partial charge is 0.335 e. The molecule has 0 atom stereocenters. The van der Waals surface area contributed by atoms with Crippen LogP contribution in [0, 0.1) is 12.3 Å². The number of rotatable bonds is 4. The summed E-state index contributed by atoms with van der Waals surface area (Å²) in [5, 5.41) is 21.3. The molecular formula is C17H12N4O2. The molecule has 0 aliphatic heterocycles. The maximum Gasteiger partial charge on any atom is 0.335 e. The first kappa shape index (κ1) is 14.5. The maximum absolute atomic E-state index is 10.8. The largest absolute Gasteiger partial charge is 0.478 e. The van der Waals surface area contributed by atoms with E-state index in [1.54, 1.807) is 24.3 Å². The van der Waals surface area contributed by atoms with Gasteiger partial charge in [-0.05, 0) is 35.0 Å². The van der Waals surface area contributed by atoms with Crippen LogP contribution in [0.3, 0.4) is 0 Å². The molecule has 0 unspecified atom stereocenters. The summed E-state index contributed by atoms with van der Waals surface area (Å²) in [6.07, 6.45) is 5.48. The number of terminal acetylenes is 1. The van der Waals surface area contributed by atoms with E-state index in [1.165, 1.54) is 4.80 Å². The van der Waals surface area contributed by atoms with Crippen LogP contribution in [0.1, 0.15) is 21.5 Å². The Morgan fingerprint density at radius 1 is 1.17 bits per heavy atom. The fourth-order valence-corrected chi connectivity index (χ4v) is 2.14. The maximum atomic E-state index is 10.8. The van der Waals surface area contributed by atoms with Crippen molar-refractivity contribution in [2.24, 2.45) is 0 Å². The molecule has 0 spiro atoms. The van der Waals surface area contributed by atoms with Crippen molar-refractivity contribution >= 4 is 5.97 Å². The highest BCUT2D eigenvalue weighted by atomic mass is 16.4. The minimum absolute atomic E-state index is 0.240. The molecule has 1 aromatic heterocycles. The number of aromatic nitrogens is 4. The van der Waals surface area contributed by atoms with Crippen LogP contribution in [-0.2, 0) is 6.54 Å². The second kappa shape index (κ2) is 6.12. The van der Waals surface area contributed by atoms with Gasteiger partial charge in [0, 0.05) is 11.1 Å². The van der Waals surface area contributed by atoms with Crippen molar-refractivity contribution < 1.29 is 9.90 Å². The summed E-state index contributed by atoms with van der Waals surface area (Å²) in [5.41, 5.74) is 2.58. The monoisotopic (exact) mass is 304 g/mol. The first-order valence-corrected chi connectivity index (χ1v) is 6.83. The third-order valence-corrected chi connectivity index (χ3v) is 3.30. The standard InChI is InChI=1S/C17H12N4O2/c1-2-13-5-3-4-6-15(13)16-18-20-21(19-16)11-12-7-9-14(10-8-12)17(22)23/h1,3-10H,11H2,(H,22,23). The van der Waals surface area contributed by atoms with Gasteiger partial charge in [-0.3, -0.25) is 0 Å². The van der Waals surface area contributed by atoms with Gasteiger partial charge in [0.25, 0.3) is 0 Å². The lowest BCUT2D eigenvalue weighted by molar-refractivity contribution is 0.0697. The van der Waals surface area contributed by atoms with Crippen LogP contribution < -0.4 is 0 Å². The molecule has 0 aliphatic carbocycles. The lowest BCUT2D eigenvalue weighted by Gasteiger charge is -2.01. The fraction of sp³-hybridized carbons (Fsp3) is 0.0588. The van der Waals surface area contributed by atoms with E-state index in [2.05, 4.69) is 21.3 Å². The molecular weight excluding hydrogens is 292 g/mol. The minimum atomic E-state index is -0.955. The molecule has 0 saturated carbocycles. The first-order valence-electron chi connectivity index (χ1n) is 6.83. The second-order valence-corrected chi connectivity index (χ2v) is 4.84. The van der Waals surface area contributed by atoms with Crippen LogP contribution in [0.5, 0.6) is 0 Å². The van der Waals surface area contributed by atoms with Gasteiger partial charge in [-0.1, -0.05) is 30.2 Å². The van der Waals surface area contributed by atoms with Crippen molar-refractivity contribution in [2.75, 3.05) is 0 Å². The molecule has 0 amide bonds. The number of carboxylic acids is 1. The zero-order chi connectivity index (χ0) is 16.2. The van der Waals surface area contributed by atoms with Gasteiger partial charge in [-0.15, -0.1) is 16.6 Å². The average molecular weight is 304 g/mol. The molecule has 3 aromatic rings. The first-order chi connectivity index (χ1) is 11.2. The van der Waals surface area contributed by atoms with Crippen LogP contribution in [0.15, 0.2) is 48.5 Å². The van der Waals surface area contributed by atoms with Crippen molar-refractivity contribution in [3.05, 3.63) is 65.2 Å². The molecule has 23 heavy (non-hydrogen) atoms. The normalized spacial score (nSPS) is 10.2. The summed E-state index contributed by atoms with van der Waals surface area (Å²) in [5.74, 6) is 2.10. The van der Waals surface area contributed by atoms with Gasteiger partial charge in [0.1, 0.15) is 0 Å². The Morgan fingerprint density at radius 3 is 2.61 bits per heavy atom. The van der Waals surface area contributed by atoms with E-state index in [4.69, 9.17) is 11.5 Å². The van der Waals surface area contributed by atoms with E-state index in [0.717, 1.165) is 11.1 Å². The highest BCUT2D eigenvalue weighted by Gasteiger charge is 2.10. The summed E-state index contributed by atoms with van der Waals surface area (Å²) in [7, 11) is 0. The van der Waals surface area contributed by atoms with Crippen LogP contribution in [0.4, 0.5) is 0 Å². The molecule has 0 saturated heterocycles. The zero-order valence-electron chi connectivity index (χ0n) is 12.0. The van der Waals surface area contributed by atoms with Crippen molar-refractivity contribution in [2.45, 2.75) is 6.54 Å². The number of hydrogen-bond acceptors (Lipinski definition) is 4. The highest BCUT2D eigenvalue weighted by molar-refractivity contribution is 5.87. The number of nitrogens with zero attached hydrogens (tertiary/aromatic N) is 4. The highest BCUT2D eigenvalue weighted by Crippen LogP contribution is 2.18. The van der Waals surface area contributed by atoms with E-state index in [9.17, 15) is 4.79 Å². The molecule has 2 aromatic carbocycles. The molecule has 0 bridgehead atoms. The predicted octanol–water partition coefficient (Wildman–Crippen LogP) is 2.07. The van der Waals surface area contributed by atoms with Gasteiger partial charge < -0.3 is 5.11 Å². The molecule has 6 nitrogen and oxygen atoms in total. The average Bonchev–Trinajstić information content (AvgIpc) is 3.03. The number of hydrogen-bond donors (Lipinski definition) is 1. The van der Waals surface area contributed by atoms with Crippen molar-refractivity contribution in [3.8, 4) is 23.7 Å². The van der Waals surface area contributed by atoms with Gasteiger partial charge in [-0.2, -0.15) is 4.80 Å². The lowest BCUT2D eigenvalue weighted by atomic mass is 10.1. The van der Waals surface area contributed by atoms with Crippen LogP contribution >= 0.6 is 0 Å². The van der Waals surface area contributed by atoms with E-state index in [0.29, 0.717) is 17.9 Å². The van der Waals surface area contributed by atoms with Crippen molar-refractivity contribution in [3.63, 3.8) is 0 Å². The number of tetrazole rings is 1. The quantitative estimate of drug-likeness (QED) is 0.746. The number of carbonyl (C=O) groups is 1. The molecule has 0 radical (unpaired) electrons. The summed E-state index contributed by atoms with van der Waals surface area (Å²) < 4.78 is 0. The van der Waals surface area contributed by atoms with Crippen LogP contribution in [0.25, 0.3) is 11.4 Å². The van der Waals surface area contributed by atoms with Gasteiger partial charge in [0.05, 0.1) is 12.1 Å². The third-order valence-electron chi connectivity index (χ3n) is 3.30. The predicted molar refractivity (Wildman–Crippen MR) is 83.7 cm³/mol. The Balaban J connectivity index is 1.82. The molecule has 0 aliphatic rings. The Morgan fingerprint density at radius 2 is 1.91 bits per heavy atom. The Hall–Kier alpha value is -3.46. The number of benzene rings is 2. The van der Waals surface area contributed by atoms with E-state index >= 15 is 0 Å². The Kier molecular flexibility index (Phi) is 3.85. The SMILES string of the molecule is C#Cc1ccccc1-c1nnn(Cc2ccc(C(=O)O)cc2)n1. The second-order valence-electron chi connectivity index (χ2n) is 4.84. The zero-order valence-corrected chi connectivity index (χ0v) is 12.0. The molecule has 3 rings (SSSR count). The van der Waals surface area contributed by atoms with Crippen LogP contribution in [0.2, 0.25) is 0 Å². The summed E-state index contributed by atoms with van der Waals surface area (Å²) in [6, 6.07) is 13.9. The van der Waals surface area contributed by atoms with E-state index < -0.39 is 5.97 Å². The van der Waals surface area contributed by atoms with Crippen molar-refractivity contribution in [1.29, 1.82) is 0 Å². The molecule has 112 valence electrons. The van der Waals surface area contributed by atoms with Gasteiger partial charge in [-0.25, -0.2) is 4.79 Å². The van der Waals surface area contributed by atoms with Crippen LogP contribution in [-0.4, -0.2) is 31.3 Å². The fourth-order valence-electron chi connectivity index (χ4n) is 2.14. The molecule has 1 N–H and O–H groups in total. The molecule has 0 fully saturated rings. The summed E-state index contributed by atoms with van der Waals surface area (Å²) >= 11 is 0. The Bertz CT molecular complexity index is 891. The van der Waals surface area contributed by atoms with Gasteiger partial charge in [0.15, 0.2) is 0 Å². The topological polar surface area (TPSA) is 80.9 Å². The summed E-state index contributed by atoms with van der Waals surface area (Å²) in [4.78, 5) is 12.3. The van der Waals surface area contributed by atoms with E-state index in [1.807, 2.05) is 24.3 Å². The van der Waals surface area contributed by atoms with Gasteiger partial charge >= 0.3 is 5.97 Å². The molecule has 1 heterocycles. The van der Waals surface area contributed by atoms with E-state index in [-0.39, 0.29) is 5.56 Å². The lowest BCUT2D eigenvalue weighted by Crippen LogP contribution is -2.05. The number of aromatic carboxylic acids is 1. The third kappa shape index (κ3) is 3.09. The van der Waals surface area contributed by atoms with Crippen molar-refractivity contribution in [1.82, 2.24) is 20.2 Å². The summed E-state index contributed by atoms with van der Waals surface area (Å²) in [6.45, 7) is 0.394. The Labute approximate surface area is 132 Å². The molecule has 6 heteroatoms. The number of carboxylic acid groups (broad SMARTS) is 1. The van der Waals surface area contributed by atoms with Gasteiger partial charge in [0.2, 0.25) is 5.82 Å².